The van der Waals surface area contributed by atoms with Crippen LogP contribution in [0.15, 0.2) is 81.2 Å². The van der Waals surface area contributed by atoms with Gasteiger partial charge in [0, 0.05) is 11.0 Å². The van der Waals surface area contributed by atoms with Crippen molar-refractivity contribution >= 4 is 66.4 Å². The van der Waals surface area contributed by atoms with Crippen molar-refractivity contribution < 1.29 is 9.53 Å². The average Bonchev–Trinajstić information content (AvgIpc) is 2.77. The van der Waals surface area contributed by atoms with Crippen molar-refractivity contribution in [1.29, 1.82) is 5.26 Å². The maximum atomic E-state index is 12.4. The van der Waals surface area contributed by atoms with Gasteiger partial charge in [-0.25, -0.2) is 0 Å². The number of amides is 1. The van der Waals surface area contributed by atoms with Gasteiger partial charge in [-0.05, 0) is 85.6 Å². The molecule has 0 aliphatic carbocycles. The van der Waals surface area contributed by atoms with Crippen LogP contribution in [0.3, 0.4) is 0 Å². The average molecular weight is 652 g/mol. The molecule has 3 aromatic rings. The normalized spacial score (nSPS) is 11.0. The van der Waals surface area contributed by atoms with Gasteiger partial charge in [-0.1, -0.05) is 58.4 Å². The zero-order chi connectivity index (χ0) is 22.2. The number of halogens is 3. The quantitative estimate of drug-likeness (QED) is 0.178. The van der Waals surface area contributed by atoms with Crippen molar-refractivity contribution in [1.82, 2.24) is 5.32 Å². The van der Waals surface area contributed by atoms with E-state index in [1.807, 2.05) is 72.8 Å². The highest BCUT2D eigenvalue weighted by Crippen LogP contribution is 2.33. The summed E-state index contributed by atoms with van der Waals surface area (Å²) in [5.41, 5.74) is 2.80. The Morgan fingerprint density at radius 3 is 2.42 bits per heavy atom. The predicted molar refractivity (Wildman–Crippen MR) is 137 cm³/mol. The predicted octanol–water partition coefficient (Wildman–Crippen LogP) is 6.62. The molecule has 4 nitrogen and oxygen atoms in total. The number of carbonyl (C=O) groups excluding carboxylic acids is 1. The number of ether oxygens (including phenoxy) is 1. The van der Waals surface area contributed by atoms with Gasteiger partial charge in [0.05, 0.1) is 8.04 Å². The minimum absolute atomic E-state index is 0.0437. The lowest BCUT2D eigenvalue weighted by Gasteiger charge is -2.12. The summed E-state index contributed by atoms with van der Waals surface area (Å²) in [7, 11) is 0. The van der Waals surface area contributed by atoms with Crippen LogP contribution in [-0.4, -0.2) is 5.91 Å². The first-order valence-electron chi connectivity index (χ1n) is 9.26. The van der Waals surface area contributed by atoms with Crippen molar-refractivity contribution in [2.45, 2.75) is 13.2 Å². The Bertz CT molecular complexity index is 1120. The monoisotopic (exact) mass is 650 g/mol. The lowest BCUT2D eigenvalue weighted by atomic mass is 10.1. The third-order valence-corrected chi connectivity index (χ3v) is 6.21. The van der Waals surface area contributed by atoms with E-state index < -0.39 is 5.91 Å². The molecule has 0 bridgehead atoms. The van der Waals surface area contributed by atoms with E-state index in [1.165, 1.54) is 0 Å². The molecule has 0 radical (unpaired) electrons. The van der Waals surface area contributed by atoms with Gasteiger partial charge in [0.25, 0.3) is 5.91 Å². The summed E-state index contributed by atoms with van der Waals surface area (Å²) in [4.78, 5) is 12.4. The van der Waals surface area contributed by atoms with Gasteiger partial charge in [-0.2, -0.15) is 5.26 Å². The Morgan fingerprint density at radius 2 is 1.77 bits per heavy atom. The van der Waals surface area contributed by atoms with Gasteiger partial charge >= 0.3 is 0 Å². The molecule has 3 aromatic carbocycles. The zero-order valence-corrected chi connectivity index (χ0v) is 21.6. The number of nitriles is 1. The number of nitrogens with zero attached hydrogens (tertiary/aromatic N) is 1. The highest BCUT2D eigenvalue weighted by molar-refractivity contribution is 14.1. The van der Waals surface area contributed by atoms with E-state index in [-0.39, 0.29) is 5.57 Å². The topological polar surface area (TPSA) is 62.1 Å². The van der Waals surface area contributed by atoms with E-state index >= 15 is 0 Å². The maximum Gasteiger partial charge on any atom is 0.262 e. The summed E-state index contributed by atoms with van der Waals surface area (Å²) in [6.07, 6.45) is 1.58. The van der Waals surface area contributed by atoms with Gasteiger partial charge in [0.1, 0.15) is 24.0 Å². The molecule has 0 heterocycles. The fraction of sp³-hybridized carbons (Fsp3) is 0.0833. The molecule has 0 fully saturated rings. The molecule has 7 heteroatoms. The largest absolute Gasteiger partial charge is 0.487 e. The van der Waals surface area contributed by atoms with E-state index in [1.54, 1.807) is 6.08 Å². The minimum Gasteiger partial charge on any atom is -0.487 e. The first-order valence-corrected chi connectivity index (χ1v) is 11.9. The maximum absolute atomic E-state index is 12.4. The second-order valence-electron chi connectivity index (χ2n) is 6.57. The van der Waals surface area contributed by atoms with Gasteiger partial charge in [0.15, 0.2) is 0 Å². The molecule has 0 unspecified atom stereocenters. The third kappa shape index (κ3) is 6.92. The number of carbonyl (C=O) groups is 1. The molecule has 0 saturated carbocycles. The molecule has 1 amide bonds. The first-order chi connectivity index (χ1) is 15.0. The van der Waals surface area contributed by atoms with Crippen LogP contribution in [-0.2, 0) is 17.9 Å². The number of rotatable bonds is 7. The molecule has 31 heavy (non-hydrogen) atoms. The van der Waals surface area contributed by atoms with Gasteiger partial charge in [-0.3, -0.25) is 4.79 Å². The van der Waals surface area contributed by atoms with Crippen molar-refractivity contribution in [3.8, 4) is 11.8 Å². The molecular weight excluding hydrogens is 635 g/mol. The summed E-state index contributed by atoms with van der Waals surface area (Å²) in [6, 6.07) is 23.2. The summed E-state index contributed by atoms with van der Waals surface area (Å²) in [6.45, 7) is 0.797. The summed E-state index contributed by atoms with van der Waals surface area (Å²) >= 11 is 9.15. The molecule has 0 aromatic heterocycles. The molecule has 0 saturated heterocycles. The van der Waals surface area contributed by atoms with Gasteiger partial charge in [0.2, 0.25) is 0 Å². The minimum atomic E-state index is -0.409. The molecule has 0 atom stereocenters. The highest BCUT2D eigenvalue weighted by atomic mass is 127. The lowest BCUT2D eigenvalue weighted by Crippen LogP contribution is -2.23. The van der Waals surface area contributed by atoms with Gasteiger partial charge < -0.3 is 10.1 Å². The molecule has 156 valence electrons. The Labute approximate surface area is 211 Å². The summed E-state index contributed by atoms with van der Waals surface area (Å²) in [5.74, 6) is 0.306. The fourth-order valence-electron chi connectivity index (χ4n) is 2.73. The molecular formula is C24H17Br2IN2O2. The van der Waals surface area contributed by atoms with E-state index in [0.29, 0.717) is 18.9 Å². The standard InChI is InChI=1S/C24H17Br2IN2O2/c25-20-8-6-17(7-9-20)15-31-23-21(26)11-18(12-22(23)27)10-19(13-28)24(30)29-14-16-4-2-1-3-5-16/h1-12H,14-15H2,(H,29,30)/b19-10-. The smallest absolute Gasteiger partial charge is 0.262 e. The Hall–Kier alpha value is -2.15. The van der Waals surface area contributed by atoms with Crippen molar-refractivity contribution in [3.05, 3.63) is 102 Å². The van der Waals surface area contributed by atoms with Crippen LogP contribution in [0.25, 0.3) is 6.08 Å². The Kier molecular flexibility index (Phi) is 8.69. The number of benzene rings is 3. The van der Waals surface area contributed by atoms with E-state index in [9.17, 15) is 10.1 Å². The first kappa shape index (κ1) is 23.5. The fourth-order valence-corrected chi connectivity index (χ4v) is 4.76. The van der Waals surface area contributed by atoms with Crippen molar-refractivity contribution in [2.75, 3.05) is 0 Å². The SMILES string of the molecule is N#C/C(=C/c1cc(Br)c(OCc2ccc(Br)cc2)c(I)c1)C(=O)NCc1ccccc1. The van der Waals surface area contributed by atoms with E-state index in [0.717, 1.165) is 29.2 Å². The van der Waals surface area contributed by atoms with Crippen LogP contribution in [0, 0.1) is 14.9 Å². The van der Waals surface area contributed by atoms with Crippen LogP contribution in [0.5, 0.6) is 5.75 Å². The summed E-state index contributed by atoms with van der Waals surface area (Å²) in [5, 5.41) is 12.2. The van der Waals surface area contributed by atoms with Crippen LogP contribution in [0.2, 0.25) is 0 Å². The summed E-state index contributed by atoms with van der Waals surface area (Å²) < 4.78 is 8.62. The van der Waals surface area contributed by atoms with Gasteiger partial charge in [-0.15, -0.1) is 0 Å². The number of hydrogen-bond donors (Lipinski definition) is 1. The molecule has 0 aliphatic heterocycles. The zero-order valence-electron chi connectivity index (χ0n) is 16.2. The second kappa shape index (κ2) is 11.5. The Balaban J connectivity index is 1.71. The number of nitrogens with one attached hydrogen (secondary N) is 1. The molecule has 0 spiro atoms. The van der Waals surface area contributed by atoms with E-state index in [2.05, 4.69) is 59.8 Å². The van der Waals surface area contributed by atoms with Crippen molar-refractivity contribution in [2.24, 2.45) is 0 Å². The molecule has 3 rings (SSSR count). The lowest BCUT2D eigenvalue weighted by molar-refractivity contribution is -0.117. The second-order valence-corrected chi connectivity index (χ2v) is 9.50. The Morgan fingerprint density at radius 1 is 1.06 bits per heavy atom. The van der Waals surface area contributed by atoms with Crippen molar-refractivity contribution in [3.63, 3.8) is 0 Å². The molecule has 0 aliphatic rings. The number of hydrogen-bond acceptors (Lipinski definition) is 3. The van der Waals surface area contributed by atoms with Crippen LogP contribution in [0.1, 0.15) is 16.7 Å². The highest BCUT2D eigenvalue weighted by Gasteiger charge is 2.12. The van der Waals surface area contributed by atoms with Crippen LogP contribution >= 0.6 is 54.5 Å². The van der Waals surface area contributed by atoms with Crippen LogP contribution in [0.4, 0.5) is 0 Å². The third-order valence-electron chi connectivity index (χ3n) is 4.29. The molecule has 1 N–H and O–H groups in total. The van der Waals surface area contributed by atoms with Crippen LogP contribution < -0.4 is 10.1 Å². The van der Waals surface area contributed by atoms with E-state index in [4.69, 9.17) is 4.74 Å².